The molecule has 1 atom stereocenters. The fourth-order valence-corrected chi connectivity index (χ4v) is 2.00. The van der Waals surface area contributed by atoms with Crippen molar-refractivity contribution in [1.29, 1.82) is 0 Å². The topological polar surface area (TPSA) is 75.4 Å². The number of benzene rings is 1. The van der Waals surface area contributed by atoms with E-state index in [0.29, 0.717) is 5.56 Å². The van der Waals surface area contributed by atoms with Gasteiger partial charge < -0.3 is 10.6 Å². The molecule has 1 aliphatic heterocycles. The molecule has 7 heteroatoms. The quantitative estimate of drug-likeness (QED) is 0.756. The molecule has 3 N–H and O–H groups in total. The predicted octanol–water partition coefficient (Wildman–Crippen LogP) is 0.275. The molecule has 1 heterocycles. The van der Waals surface area contributed by atoms with Crippen LogP contribution in [-0.4, -0.2) is 24.4 Å². The Balaban J connectivity index is 2.46. The average molecular weight is 269 g/mol. The fourth-order valence-electron chi connectivity index (χ4n) is 2.00. The van der Waals surface area contributed by atoms with Crippen molar-refractivity contribution >= 4 is 17.5 Å². The number of imide groups is 1. The number of rotatable bonds is 2. The SMILES string of the molecule is CC1C(=O)NC(=O)CN1c1c(F)cc(CN)cc1F. The van der Waals surface area contributed by atoms with E-state index < -0.39 is 29.5 Å². The Labute approximate surface area is 108 Å². The largest absolute Gasteiger partial charge is 0.346 e. The number of halogens is 2. The molecule has 1 aliphatic rings. The van der Waals surface area contributed by atoms with Crippen LogP contribution in [0.25, 0.3) is 0 Å². The number of nitrogens with two attached hydrogens (primary N) is 1. The van der Waals surface area contributed by atoms with Crippen molar-refractivity contribution in [3.63, 3.8) is 0 Å². The van der Waals surface area contributed by atoms with Crippen LogP contribution in [0.15, 0.2) is 12.1 Å². The highest BCUT2D eigenvalue weighted by molar-refractivity contribution is 6.04. The Morgan fingerprint density at radius 3 is 2.47 bits per heavy atom. The summed E-state index contributed by atoms with van der Waals surface area (Å²) in [5, 5.41) is 2.11. The number of amides is 2. The number of hydrogen-bond donors (Lipinski definition) is 2. The van der Waals surface area contributed by atoms with Crippen LogP contribution < -0.4 is 16.0 Å². The third-order valence-electron chi connectivity index (χ3n) is 3.02. The third kappa shape index (κ3) is 2.41. The minimum Gasteiger partial charge on any atom is -0.346 e. The summed E-state index contributed by atoms with van der Waals surface area (Å²) in [6, 6.07) is 1.37. The maximum Gasteiger partial charge on any atom is 0.249 e. The first-order valence-corrected chi connectivity index (χ1v) is 5.72. The second-order valence-corrected chi connectivity index (χ2v) is 4.33. The Morgan fingerprint density at radius 1 is 1.37 bits per heavy atom. The molecule has 1 aromatic rings. The van der Waals surface area contributed by atoms with Crippen LogP contribution in [0.5, 0.6) is 0 Å². The second kappa shape index (κ2) is 4.93. The van der Waals surface area contributed by atoms with E-state index in [1.54, 1.807) is 0 Å². The lowest BCUT2D eigenvalue weighted by Crippen LogP contribution is -2.57. The maximum atomic E-state index is 13.9. The zero-order valence-corrected chi connectivity index (χ0v) is 10.2. The van der Waals surface area contributed by atoms with Gasteiger partial charge in [0, 0.05) is 6.54 Å². The van der Waals surface area contributed by atoms with E-state index >= 15 is 0 Å². The number of nitrogens with zero attached hydrogens (tertiary/aromatic N) is 1. The number of piperazine rings is 1. The van der Waals surface area contributed by atoms with E-state index in [-0.39, 0.29) is 18.8 Å². The van der Waals surface area contributed by atoms with Crippen molar-refractivity contribution in [2.24, 2.45) is 5.73 Å². The predicted molar refractivity (Wildman–Crippen MR) is 64.2 cm³/mol. The van der Waals surface area contributed by atoms with Gasteiger partial charge in [-0.2, -0.15) is 0 Å². The molecule has 5 nitrogen and oxygen atoms in total. The molecule has 1 saturated heterocycles. The normalized spacial score (nSPS) is 19.6. The minimum atomic E-state index is -0.838. The monoisotopic (exact) mass is 269 g/mol. The van der Waals surface area contributed by atoms with E-state index in [1.807, 2.05) is 0 Å². The molecule has 0 aromatic heterocycles. The van der Waals surface area contributed by atoms with Crippen molar-refractivity contribution in [3.8, 4) is 0 Å². The van der Waals surface area contributed by atoms with E-state index in [2.05, 4.69) is 5.32 Å². The van der Waals surface area contributed by atoms with E-state index in [9.17, 15) is 18.4 Å². The Bertz CT molecular complexity index is 525. The first-order valence-electron chi connectivity index (χ1n) is 5.72. The molecule has 2 rings (SSSR count). The van der Waals surface area contributed by atoms with Gasteiger partial charge in [-0.1, -0.05) is 0 Å². The lowest BCUT2D eigenvalue weighted by atomic mass is 10.1. The molecule has 2 amide bonds. The van der Waals surface area contributed by atoms with Crippen LogP contribution in [0.3, 0.4) is 0 Å². The summed E-state index contributed by atoms with van der Waals surface area (Å²) in [7, 11) is 0. The highest BCUT2D eigenvalue weighted by Gasteiger charge is 2.33. The Hall–Kier alpha value is -2.02. The van der Waals surface area contributed by atoms with Crippen molar-refractivity contribution < 1.29 is 18.4 Å². The van der Waals surface area contributed by atoms with Crippen LogP contribution in [0, 0.1) is 11.6 Å². The van der Waals surface area contributed by atoms with Gasteiger partial charge in [-0.3, -0.25) is 14.9 Å². The summed E-state index contributed by atoms with van der Waals surface area (Å²) in [5.74, 6) is -2.85. The van der Waals surface area contributed by atoms with Gasteiger partial charge in [0.2, 0.25) is 11.8 Å². The number of nitrogens with one attached hydrogen (secondary N) is 1. The van der Waals surface area contributed by atoms with Crippen molar-refractivity contribution in [3.05, 3.63) is 29.3 Å². The molecule has 0 spiro atoms. The average Bonchev–Trinajstić information content (AvgIpc) is 2.34. The summed E-state index contributed by atoms with van der Waals surface area (Å²) >= 11 is 0. The Morgan fingerprint density at radius 2 is 1.95 bits per heavy atom. The Kier molecular flexibility index (Phi) is 3.48. The standard InChI is InChI=1S/C12H13F2N3O2/c1-6-12(19)16-10(18)5-17(6)11-8(13)2-7(4-15)3-9(11)14/h2-3,6H,4-5,15H2,1H3,(H,16,18,19). The molecular weight excluding hydrogens is 256 g/mol. The molecule has 1 fully saturated rings. The van der Waals surface area contributed by atoms with Gasteiger partial charge in [0.25, 0.3) is 0 Å². The van der Waals surface area contributed by atoms with Gasteiger partial charge in [-0.15, -0.1) is 0 Å². The lowest BCUT2D eigenvalue weighted by molar-refractivity contribution is -0.132. The first kappa shape index (κ1) is 13.4. The molecular formula is C12H13F2N3O2. The van der Waals surface area contributed by atoms with Crippen LogP contribution in [0.4, 0.5) is 14.5 Å². The highest BCUT2D eigenvalue weighted by Crippen LogP contribution is 2.27. The van der Waals surface area contributed by atoms with Gasteiger partial charge in [0.1, 0.15) is 23.4 Å². The van der Waals surface area contributed by atoms with Crippen LogP contribution in [0.2, 0.25) is 0 Å². The number of carbonyl (C=O) groups is 2. The summed E-state index contributed by atoms with van der Waals surface area (Å²) in [6.45, 7) is 1.20. The molecule has 0 aliphatic carbocycles. The van der Waals surface area contributed by atoms with E-state index in [0.717, 1.165) is 17.0 Å². The molecule has 0 radical (unpaired) electrons. The number of carbonyl (C=O) groups excluding carboxylic acids is 2. The smallest absolute Gasteiger partial charge is 0.249 e. The van der Waals surface area contributed by atoms with Gasteiger partial charge in [0.15, 0.2) is 0 Å². The van der Waals surface area contributed by atoms with Crippen molar-refractivity contribution in [1.82, 2.24) is 5.32 Å². The molecule has 19 heavy (non-hydrogen) atoms. The zero-order chi connectivity index (χ0) is 14.2. The van der Waals surface area contributed by atoms with Crippen LogP contribution in [0.1, 0.15) is 12.5 Å². The summed E-state index contributed by atoms with van der Waals surface area (Å²) < 4.78 is 27.9. The molecule has 0 bridgehead atoms. The summed E-state index contributed by atoms with van der Waals surface area (Å²) in [5.41, 5.74) is 5.25. The lowest BCUT2D eigenvalue weighted by Gasteiger charge is -2.33. The molecule has 102 valence electrons. The number of anilines is 1. The van der Waals surface area contributed by atoms with Gasteiger partial charge in [-0.25, -0.2) is 8.78 Å². The fraction of sp³-hybridized carbons (Fsp3) is 0.333. The molecule has 1 unspecified atom stereocenters. The van der Waals surface area contributed by atoms with Crippen molar-refractivity contribution in [2.75, 3.05) is 11.4 Å². The van der Waals surface area contributed by atoms with Gasteiger partial charge in [0.05, 0.1) is 6.54 Å². The van der Waals surface area contributed by atoms with E-state index in [4.69, 9.17) is 5.73 Å². The summed E-state index contributed by atoms with van der Waals surface area (Å²) in [4.78, 5) is 23.9. The highest BCUT2D eigenvalue weighted by atomic mass is 19.1. The third-order valence-corrected chi connectivity index (χ3v) is 3.02. The van der Waals surface area contributed by atoms with Crippen molar-refractivity contribution in [2.45, 2.75) is 19.5 Å². The number of hydrogen-bond acceptors (Lipinski definition) is 4. The summed E-state index contributed by atoms with van der Waals surface area (Å²) in [6.07, 6.45) is 0. The van der Waals surface area contributed by atoms with E-state index in [1.165, 1.54) is 6.92 Å². The molecule has 1 aromatic carbocycles. The first-order chi connectivity index (χ1) is 8.93. The van der Waals surface area contributed by atoms with Gasteiger partial charge in [-0.05, 0) is 24.6 Å². The second-order valence-electron chi connectivity index (χ2n) is 4.33. The maximum absolute atomic E-state index is 13.9. The van der Waals surface area contributed by atoms with Gasteiger partial charge >= 0.3 is 0 Å². The minimum absolute atomic E-state index is 0.00307. The molecule has 0 saturated carbocycles. The zero-order valence-electron chi connectivity index (χ0n) is 10.2. The van der Waals surface area contributed by atoms with Crippen LogP contribution in [-0.2, 0) is 16.1 Å². The van der Waals surface area contributed by atoms with Crippen LogP contribution >= 0.6 is 0 Å².